The summed E-state index contributed by atoms with van der Waals surface area (Å²) in [7, 11) is 0. The van der Waals surface area contributed by atoms with E-state index in [1.165, 1.54) is 6.21 Å². The van der Waals surface area contributed by atoms with Gasteiger partial charge < -0.3 is 9.84 Å². The fraction of sp³-hybridized carbons (Fsp3) is 0.333. The topological polar surface area (TPSA) is 70.9 Å². The fourth-order valence-electron chi connectivity index (χ4n) is 1.14. The van der Waals surface area contributed by atoms with Gasteiger partial charge in [0.15, 0.2) is 0 Å². The van der Waals surface area contributed by atoms with E-state index in [0.29, 0.717) is 10.0 Å². The molecule has 0 saturated heterocycles. The van der Waals surface area contributed by atoms with Crippen LogP contribution in [0.2, 0.25) is 5.02 Å². The summed E-state index contributed by atoms with van der Waals surface area (Å²) >= 11 is 9.03. The van der Waals surface area contributed by atoms with Gasteiger partial charge in [-0.05, 0) is 32.9 Å². The lowest BCUT2D eigenvalue weighted by atomic mass is 10.2. The second kappa shape index (κ2) is 6.25. The highest BCUT2D eigenvalue weighted by Gasteiger charge is 2.15. The van der Waals surface area contributed by atoms with Gasteiger partial charge in [-0.15, -0.1) is 0 Å². The van der Waals surface area contributed by atoms with Gasteiger partial charge in [0.1, 0.15) is 11.4 Å². The SMILES string of the molecule is CC(C)(C)OC(=O)NN=Cc1cc(Br)cc(Cl)c1O. The molecule has 7 heteroatoms. The zero-order valence-corrected chi connectivity index (χ0v) is 13.0. The van der Waals surface area contributed by atoms with Crippen molar-refractivity contribution in [1.82, 2.24) is 5.43 Å². The van der Waals surface area contributed by atoms with Gasteiger partial charge in [-0.25, -0.2) is 10.2 Å². The van der Waals surface area contributed by atoms with Crippen molar-refractivity contribution in [1.29, 1.82) is 0 Å². The monoisotopic (exact) mass is 348 g/mol. The second-order valence-corrected chi connectivity index (χ2v) is 6.02. The minimum absolute atomic E-state index is 0.111. The molecule has 0 bridgehead atoms. The summed E-state index contributed by atoms with van der Waals surface area (Å²) in [6.45, 7) is 5.24. The number of nitrogens with one attached hydrogen (secondary N) is 1. The third-order valence-corrected chi connectivity index (χ3v) is 2.56. The zero-order chi connectivity index (χ0) is 14.6. The first kappa shape index (κ1) is 15.8. The molecular weight excluding hydrogens is 336 g/mol. The smallest absolute Gasteiger partial charge is 0.428 e. The van der Waals surface area contributed by atoms with Crippen LogP contribution < -0.4 is 5.43 Å². The minimum Gasteiger partial charge on any atom is -0.506 e. The molecule has 0 aliphatic heterocycles. The summed E-state index contributed by atoms with van der Waals surface area (Å²) in [5.74, 6) is -0.111. The average Bonchev–Trinajstić information content (AvgIpc) is 2.22. The van der Waals surface area contributed by atoms with Crippen molar-refractivity contribution in [2.75, 3.05) is 0 Å². The van der Waals surface area contributed by atoms with Gasteiger partial charge in [0, 0.05) is 10.0 Å². The number of hydrazone groups is 1. The minimum atomic E-state index is -0.677. The molecule has 0 saturated carbocycles. The number of amides is 1. The largest absolute Gasteiger partial charge is 0.506 e. The molecule has 19 heavy (non-hydrogen) atoms. The molecule has 1 aromatic rings. The van der Waals surface area contributed by atoms with Gasteiger partial charge in [-0.2, -0.15) is 5.10 Å². The number of hydrogen-bond donors (Lipinski definition) is 2. The van der Waals surface area contributed by atoms with Crippen LogP contribution in [-0.2, 0) is 4.74 Å². The van der Waals surface area contributed by atoms with Gasteiger partial charge in [0.25, 0.3) is 0 Å². The maximum absolute atomic E-state index is 11.3. The van der Waals surface area contributed by atoms with Crippen molar-refractivity contribution in [3.8, 4) is 5.75 Å². The molecule has 0 spiro atoms. The molecule has 0 aliphatic rings. The van der Waals surface area contributed by atoms with Crippen molar-refractivity contribution in [3.63, 3.8) is 0 Å². The predicted octanol–water partition coefficient (Wildman–Crippen LogP) is 3.67. The lowest BCUT2D eigenvalue weighted by Gasteiger charge is -2.18. The van der Waals surface area contributed by atoms with Gasteiger partial charge >= 0.3 is 6.09 Å². The molecule has 0 aliphatic carbocycles. The predicted molar refractivity (Wildman–Crippen MR) is 77.8 cm³/mol. The molecule has 0 unspecified atom stereocenters. The van der Waals surface area contributed by atoms with Crippen LogP contribution in [0.3, 0.4) is 0 Å². The molecule has 0 fully saturated rings. The van der Waals surface area contributed by atoms with E-state index in [-0.39, 0.29) is 10.8 Å². The number of ether oxygens (including phenoxy) is 1. The highest BCUT2D eigenvalue weighted by Crippen LogP contribution is 2.30. The molecule has 0 atom stereocenters. The number of benzene rings is 1. The van der Waals surface area contributed by atoms with E-state index in [2.05, 4.69) is 26.5 Å². The van der Waals surface area contributed by atoms with Crippen molar-refractivity contribution < 1.29 is 14.6 Å². The number of rotatable bonds is 2. The molecule has 1 rings (SSSR count). The summed E-state index contributed by atoms with van der Waals surface area (Å²) in [6.07, 6.45) is 0.597. The molecular formula is C12H14BrClN2O3. The Morgan fingerprint density at radius 1 is 1.53 bits per heavy atom. The Morgan fingerprint density at radius 3 is 2.74 bits per heavy atom. The number of nitrogens with zero attached hydrogens (tertiary/aromatic N) is 1. The molecule has 0 heterocycles. The van der Waals surface area contributed by atoms with Crippen molar-refractivity contribution in [2.24, 2.45) is 5.10 Å². The maximum Gasteiger partial charge on any atom is 0.428 e. The molecule has 104 valence electrons. The van der Waals surface area contributed by atoms with E-state index < -0.39 is 11.7 Å². The van der Waals surface area contributed by atoms with E-state index in [1.807, 2.05) is 0 Å². The summed E-state index contributed by atoms with van der Waals surface area (Å²) in [5, 5.41) is 13.6. The Kier molecular flexibility index (Phi) is 5.20. The number of carbonyl (C=O) groups is 1. The molecule has 1 amide bonds. The highest BCUT2D eigenvalue weighted by molar-refractivity contribution is 9.10. The fourth-order valence-corrected chi connectivity index (χ4v) is 1.97. The van der Waals surface area contributed by atoms with Crippen LogP contribution in [0.5, 0.6) is 5.75 Å². The Morgan fingerprint density at radius 2 is 2.16 bits per heavy atom. The zero-order valence-electron chi connectivity index (χ0n) is 10.7. The number of phenols is 1. The molecule has 0 radical (unpaired) electrons. The van der Waals surface area contributed by atoms with E-state index in [0.717, 1.165) is 0 Å². The Labute approximate surface area is 124 Å². The average molecular weight is 350 g/mol. The molecule has 0 aromatic heterocycles. The van der Waals surface area contributed by atoms with Crippen LogP contribution in [0.25, 0.3) is 0 Å². The Balaban J connectivity index is 2.71. The Bertz CT molecular complexity index is 512. The summed E-state index contributed by atoms with van der Waals surface area (Å²) in [6, 6.07) is 3.16. The van der Waals surface area contributed by atoms with Crippen molar-refractivity contribution >= 4 is 39.8 Å². The van der Waals surface area contributed by atoms with Crippen LogP contribution in [0, 0.1) is 0 Å². The van der Waals surface area contributed by atoms with Crippen LogP contribution in [0.1, 0.15) is 26.3 Å². The van der Waals surface area contributed by atoms with E-state index in [1.54, 1.807) is 32.9 Å². The first-order valence-corrected chi connectivity index (χ1v) is 6.56. The lowest BCUT2D eigenvalue weighted by molar-refractivity contribution is 0.0529. The molecule has 5 nitrogen and oxygen atoms in total. The van der Waals surface area contributed by atoms with Crippen molar-refractivity contribution in [3.05, 3.63) is 27.2 Å². The van der Waals surface area contributed by atoms with E-state index in [4.69, 9.17) is 16.3 Å². The van der Waals surface area contributed by atoms with Gasteiger partial charge in [-0.3, -0.25) is 0 Å². The number of aromatic hydroxyl groups is 1. The number of carbonyl (C=O) groups excluding carboxylic acids is 1. The number of halogens is 2. The maximum atomic E-state index is 11.3. The van der Waals surface area contributed by atoms with Crippen LogP contribution in [-0.4, -0.2) is 23.0 Å². The molecule has 2 N–H and O–H groups in total. The normalized spacial score (nSPS) is 11.6. The third kappa shape index (κ3) is 5.48. The second-order valence-electron chi connectivity index (χ2n) is 4.70. The van der Waals surface area contributed by atoms with Crippen LogP contribution in [0.4, 0.5) is 4.79 Å². The summed E-state index contributed by atoms with van der Waals surface area (Å²) in [5.41, 5.74) is 1.97. The first-order chi connectivity index (χ1) is 8.69. The number of phenolic OH excluding ortho intramolecular Hbond substituents is 1. The van der Waals surface area contributed by atoms with Gasteiger partial charge in [-0.1, -0.05) is 27.5 Å². The van der Waals surface area contributed by atoms with Crippen LogP contribution in [0.15, 0.2) is 21.7 Å². The quantitative estimate of drug-likeness (QED) is 0.632. The lowest BCUT2D eigenvalue weighted by Crippen LogP contribution is -2.29. The van der Waals surface area contributed by atoms with Crippen LogP contribution >= 0.6 is 27.5 Å². The number of hydrogen-bond acceptors (Lipinski definition) is 4. The molecule has 1 aromatic carbocycles. The van der Waals surface area contributed by atoms with Gasteiger partial charge in [0.2, 0.25) is 0 Å². The van der Waals surface area contributed by atoms with E-state index in [9.17, 15) is 9.90 Å². The standard InChI is InChI=1S/C12H14BrClN2O3/c1-12(2,3)19-11(18)16-15-6-7-4-8(13)5-9(14)10(7)17/h4-6,17H,1-3H3,(H,16,18). The van der Waals surface area contributed by atoms with Gasteiger partial charge in [0.05, 0.1) is 11.2 Å². The summed E-state index contributed by atoms with van der Waals surface area (Å²) < 4.78 is 5.68. The van der Waals surface area contributed by atoms with Crippen molar-refractivity contribution in [2.45, 2.75) is 26.4 Å². The Hall–Kier alpha value is -1.27. The first-order valence-electron chi connectivity index (χ1n) is 5.39. The summed E-state index contributed by atoms with van der Waals surface area (Å²) in [4.78, 5) is 11.3. The van der Waals surface area contributed by atoms with E-state index >= 15 is 0 Å². The third-order valence-electron chi connectivity index (χ3n) is 1.82. The highest BCUT2D eigenvalue weighted by atomic mass is 79.9.